The van der Waals surface area contributed by atoms with Crippen LogP contribution in [0.25, 0.3) is 45.0 Å². The van der Waals surface area contributed by atoms with Crippen LogP contribution in [0.4, 0.5) is 11.4 Å². The van der Waals surface area contributed by atoms with Crippen molar-refractivity contribution in [2.75, 3.05) is 23.7 Å². The van der Waals surface area contributed by atoms with E-state index in [2.05, 4.69) is 193 Å². The van der Waals surface area contributed by atoms with Crippen molar-refractivity contribution in [3.05, 3.63) is 175 Å². The fourth-order valence-electron chi connectivity index (χ4n) is 9.14. The summed E-state index contributed by atoms with van der Waals surface area (Å²) < 4.78 is 4.55. The van der Waals surface area contributed by atoms with Crippen molar-refractivity contribution in [3.8, 4) is 45.0 Å². The normalized spacial score (nSPS) is 12.6. The SMILES string of the molecule is CC(C)c1cccc(C(C)C)c1B1N(C)c2cccc([S-])c2-c2nccn21.CN1B(c2c(-c3ccccc3)cccc2-c2ccccc2)n2ccnc2-c2[c-]cccc21.[Ir]. The Morgan fingerprint density at radius 2 is 1.05 bits per heavy atom. The molecular weight excluding hydrogens is 930 g/mol. The van der Waals surface area contributed by atoms with Gasteiger partial charge in [0, 0.05) is 62.0 Å². The molecule has 0 bridgehead atoms. The van der Waals surface area contributed by atoms with Gasteiger partial charge in [-0.2, -0.15) is 4.90 Å². The Bertz CT molecular complexity index is 2680. The number of nitrogens with zero attached hydrogens (tertiary/aromatic N) is 6. The third kappa shape index (κ3) is 7.11. The maximum Gasteiger partial charge on any atom is 0.417 e. The fourth-order valence-corrected chi connectivity index (χ4v) is 9.41. The number of anilines is 2. The summed E-state index contributed by atoms with van der Waals surface area (Å²) in [7, 11) is 4.33. The summed E-state index contributed by atoms with van der Waals surface area (Å²) in [6, 6.07) is 50.4. The molecule has 4 heterocycles. The van der Waals surface area contributed by atoms with Gasteiger partial charge in [0.15, 0.2) is 0 Å². The third-order valence-electron chi connectivity index (χ3n) is 11.9. The molecule has 0 unspecified atom stereocenters. The molecule has 0 fully saturated rings. The van der Waals surface area contributed by atoms with E-state index in [0.717, 1.165) is 39.0 Å². The van der Waals surface area contributed by atoms with Gasteiger partial charge in [-0.1, -0.05) is 148 Å². The average molecular weight is 977 g/mol. The van der Waals surface area contributed by atoms with Gasteiger partial charge in [0.2, 0.25) is 0 Å². The van der Waals surface area contributed by atoms with E-state index in [0.29, 0.717) is 11.8 Å². The number of hydrogen-bond acceptors (Lipinski definition) is 5. The van der Waals surface area contributed by atoms with Crippen molar-refractivity contribution in [1.29, 1.82) is 0 Å². The number of benzene rings is 6. The summed E-state index contributed by atoms with van der Waals surface area (Å²) in [5, 5.41) is 0. The predicted octanol–water partition coefficient (Wildman–Crippen LogP) is 9.77. The van der Waals surface area contributed by atoms with Crippen LogP contribution in [-0.4, -0.2) is 47.0 Å². The van der Waals surface area contributed by atoms with Gasteiger partial charge in [0.25, 0.3) is 0 Å². The van der Waals surface area contributed by atoms with Crippen molar-refractivity contribution < 1.29 is 20.1 Å². The summed E-state index contributed by atoms with van der Waals surface area (Å²) in [6.07, 6.45) is 7.94. The van der Waals surface area contributed by atoms with E-state index in [1.165, 1.54) is 44.3 Å². The van der Waals surface area contributed by atoms with Gasteiger partial charge in [0.1, 0.15) is 5.82 Å². The molecule has 6 aromatic carbocycles. The minimum atomic E-state index is -0.0394. The number of aromatic nitrogens is 4. The van der Waals surface area contributed by atoms with Crippen LogP contribution >= 0.6 is 0 Å². The number of imidazole rings is 2. The van der Waals surface area contributed by atoms with Crippen LogP contribution < -0.4 is 20.5 Å². The standard InChI is InChI=1S/C28H21BN3.C22H26BN3S.Ir/c1-31-26-18-9-8-15-25(26)28-30-19-20-32(28)29(31)27-23(21-11-4-2-5-12-21)16-10-17-24(27)22-13-6-3-7-14-22;1-14(2)16-8-6-9-17(15(3)4)21(16)23-25(5)18-10-7-11-19(27)20(18)22-24-12-13-26(22)23;/h2-14,16-20H,1H3;6-15,27H,1-5H3;/q-1;;/p-1. The van der Waals surface area contributed by atoms with Crippen LogP contribution in [0, 0.1) is 6.07 Å². The molecule has 0 aliphatic carbocycles. The first-order chi connectivity index (χ1) is 28.7. The first-order valence-electron chi connectivity index (χ1n) is 20.4. The van der Waals surface area contributed by atoms with Crippen LogP contribution in [0.5, 0.6) is 0 Å². The molecule has 2 aliphatic rings. The minimum absolute atomic E-state index is 0. The van der Waals surface area contributed by atoms with E-state index in [1.807, 2.05) is 36.7 Å². The van der Waals surface area contributed by atoms with Gasteiger partial charge in [-0.05, 0) is 76.3 Å². The third-order valence-corrected chi connectivity index (χ3v) is 12.2. The number of fused-ring (bicyclic) bond motifs is 6. The zero-order chi connectivity index (χ0) is 40.8. The quantitative estimate of drug-likeness (QED) is 0.0944. The van der Waals surface area contributed by atoms with Crippen molar-refractivity contribution >= 4 is 48.9 Å². The summed E-state index contributed by atoms with van der Waals surface area (Å²) in [6.45, 7) is 9.13. The zero-order valence-corrected chi connectivity index (χ0v) is 38.0. The van der Waals surface area contributed by atoms with Gasteiger partial charge < -0.3 is 31.2 Å². The first-order valence-corrected chi connectivity index (χ1v) is 20.8. The van der Waals surface area contributed by atoms with Crippen molar-refractivity contribution in [1.82, 2.24) is 18.9 Å². The van der Waals surface area contributed by atoms with E-state index in [9.17, 15) is 0 Å². The molecule has 299 valence electrons. The maximum absolute atomic E-state index is 5.64. The van der Waals surface area contributed by atoms with Crippen molar-refractivity contribution in [2.45, 2.75) is 44.4 Å². The molecule has 10 heteroatoms. The Kier molecular flexibility index (Phi) is 11.7. The Hall–Kier alpha value is -5.66. The average Bonchev–Trinajstić information content (AvgIpc) is 3.96. The Morgan fingerprint density at radius 3 is 1.65 bits per heavy atom. The second kappa shape index (κ2) is 17.1. The van der Waals surface area contributed by atoms with Gasteiger partial charge >= 0.3 is 14.0 Å². The molecule has 60 heavy (non-hydrogen) atoms. The molecule has 0 saturated heterocycles. The van der Waals surface area contributed by atoms with Gasteiger partial charge in [-0.3, -0.25) is 4.98 Å². The molecule has 0 spiro atoms. The van der Waals surface area contributed by atoms with Crippen LogP contribution in [0.3, 0.4) is 0 Å². The molecule has 6 nitrogen and oxygen atoms in total. The second-order valence-corrected chi connectivity index (χ2v) is 16.5. The molecule has 0 atom stereocenters. The first kappa shape index (κ1) is 41.1. The molecule has 2 aromatic heterocycles. The van der Waals surface area contributed by atoms with E-state index < -0.39 is 0 Å². The fraction of sp³-hybridized carbons (Fsp3) is 0.160. The summed E-state index contributed by atoms with van der Waals surface area (Å²) in [5.74, 6) is 2.81. The van der Waals surface area contributed by atoms with E-state index in [-0.39, 0.29) is 34.1 Å². The predicted molar refractivity (Wildman–Crippen MR) is 250 cm³/mol. The Balaban J connectivity index is 0.000000166. The van der Waals surface area contributed by atoms with Gasteiger partial charge in [-0.15, -0.1) is 24.3 Å². The van der Waals surface area contributed by atoms with Crippen molar-refractivity contribution in [2.24, 2.45) is 0 Å². The Morgan fingerprint density at radius 1 is 0.550 bits per heavy atom. The molecule has 1 radical (unpaired) electrons. The van der Waals surface area contributed by atoms with Gasteiger partial charge in [0.05, 0.1) is 0 Å². The smallest absolute Gasteiger partial charge is 0.417 e. The summed E-state index contributed by atoms with van der Waals surface area (Å²) in [4.78, 5) is 15.0. The topological polar surface area (TPSA) is 42.1 Å². The van der Waals surface area contributed by atoms with Crippen LogP contribution in [0.1, 0.15) is 50.7 Å². The Labute approximate surface area is 374 Å². The second-order valence-electron chi connectivity index (χ2n) is 16.0. The van der Waals surface area contributed by atoms with E-state index >= 15 is 0 Å². The molecule has 2 aliphatic heterocycles. The number of hydrogen-bond donors (Lipinski definition) is 0. The van der Waals surface area contributed by atoms with Crippen LogP contribution in [0.15, 0.2) is 163 Å². The largest absolute Gasteiger partial charge is 0.779 e. The molecule has 8 aromatic rings. The molecule has 10 rings (SSSR count). The monoisotopic (exact) mass is 977 g/mol. The summed E-state index contributed by atoms with van der Waals surface area (Å²) in [5.41, 5.74) is 14.7. The van der Waals surface area contributed by atoms with Crippen LogP contribution in [-0.2, 0) is 32.7 Å². The molecular formula is C50H46B2IrN6S-2. The van der Waals surface area contributed by atoms with Gasteiger partial charge in [-0.25, -0.2) is 4.98 Å². The van der Waals surface area contributed by atoms with E-state index in [1.54, 1.807) is 0 Å². The molecule has 0 saturated carbocycles. The summed E-state index contributed by atoms with van der Waals surface area (Å²) >= 11 is 5.64. The minimum Gasteiger partial charge on any atom is -0.779 e. The van der Waals surface area contributed by atoms with Crippen molar-refractivity contribution in [3.63, 3.8) is 0 Å². The van der Waals surface area contributed by atoms with Crippen LogP contribution in [0.2, 0.25) is 0 Å². The molecule has 0 N–H and O–H groups in total. The number of rotatable bonds is 6. The van der Waals surface area contributed by atoms with E-state index in [4.69, 9.17) is 17.6 Å². The molecule has 0 amide bonds. The zero-order valence-electron chi connectivity index (χ0n) is 34.7. The maximum atomic E-state index is 5.64.